The van der Waals surface area contributed by atoms with Crippen LogP contribution in [0.15, 0.2) is 73.6 Å². The van der Waals surface area contributed by atoms with Gasteiger partial charge in [0.05, 0.1) is 18.7 Å². The van der Waals surface area contributed by atoms with Crippen LogP contribution in [0.4, 0.5) is 0 Å². The van der Waals surface area contributed by atoms with Crippen molar-refractivity contribution in [1.82, 2.24) is 20.9 Å². The third kappa shape index (κ3) is 11.3. The molecule has 0 atom stereocenters. The molecule has 0 unspecified atom stereocenters. The molecule has 13 nitrogen and oxygen atoms in total. The van der Waals surface area contributed by atoms with Crippen molar-refractivity contribution in [2.75, 3.05) is 26.2 Å². The van der Waals surface area contributed by atoms with Crippen LogP contribution >= 0.6 is 0 Å². The van der Waals surface area contributed by atoms with E-state index in [2.05, 4.69) is 25.8 Å². The van der Waals surface area contributed by atoms with Gasteiger partial charge in [0.2, 0.25) is 0 Å². The highest BCUT2D eigenvalue weighted by atomic mass is 35.5. The van der Waals surface area contributed by atoms with Gasteiger partial charge in [-0.25, -0.2) is 9.13 Å². The standard InChI is InChI=1S/C24H25N7O6.2ClH/c32-22(19-4-1-7-25-16-19)26-8-13-29-11-2-5-20(17-29)23(33)27-9-14-30-12-3-6-21(18-30)24(34)28-10-15-37-31(35)36;;/h1-7,11-12,16-18H,8-10,13-15H2,(H-2,26,27,28,32,33,34);2*1H. The Morgan fingerprint density at radius 3 is 1.77 bits per heavy atom. The molecule has 3 N–H and O–H groups in total. The van der Waals surface area contributed by atoms with Crippen LogP contribution in [-0.2, 0) is 17.9 Å². The Kier molecular flexibility index (Phi) is 14.4. The molecule has 0 fully saturated rings. The van der Waals surface area contributed by atoms with Crippen LogP contribution in [-0.4, -0.2) is 54.0 Å². The van der Waals surface area contributed by atoms with Crippen molar-refractivity contribution in [2.45, 2.75) is 13.1 Å². The summed E-state index contributed by atoms with van der Waals surface area (Å²) in [5.41, 5.74) is 1.32. The molecule has 15 heteroatoms. The molecule has 0 bridgehead atoms. The summed E-state index contributed by atoms with van der Waals surface area (Å²) in [5, 5.41) is 17.4. The maximum atomic E-state index is 12.6. The summed E-state index contributed by atoms with van der Waals surface area (Å²) >= 11 is 0. The molecular weight excluding hydrogens is 553 g/mol. The number of hydrogen-bond acceptors (Lipinski definition) is 7. The zero-order valence-corrected chi connectivity index (χ0v) is 22.2. The predicted molar refractivity (Wildman–Crippen MR) is 127 cm³/mol. The number of nitrogens with zero attached hydrogens (tertiary/aromatic N) is 4. The van der Waals surface area contributed by atoms with Crippen LogP contribution in [0.25, 0.3) is 0 Å². The van der Waals surface area contributed by atoms with Gasteiger partial charge in [0, 0.05) is 31.1 Å². The van der Waals surface area contributed by atoms with Crippen LogP contribution in [0.5, 0.6) is 0 Å². The predicted octanol–water partition coefficient (Wildman–Crippen LogP) is -6.54. The normalized spacial score (nSPS) is 9.74. The minimum Gasteiger partial charge on any atom is -1.00 e. The van der Waals surface area contributed by atoms with Crippen LogP contribution in [0.1, 0.15) is 31.1 Å². The van der Waals surface area contributed by atoms with E-state index in [1.165, 1.54) is 6.20 Å². The van der Waals surface area contributed by atoms with Gasteiger partial charge >= 0.3 is 0 Å². The first-order valence-corrected chi connectivity index (χ1v) is 11.4. The van der Waals surface area contributed by atoms with Gasteiger partial charge in [-0.3, -0.25) is 19.4 Å². The van der Waals surface area contributed by atoms with E-state index in [9.17, 15) is 24.5 Å². The number of halogens is 2. The smallest absolute Gasteiger partial charge is 0.294 e. The summed E-state index contributed by atoms with van der Waals surface area (Å²) in [7, 11) is 0. The lowest BCUT2D eigenvalue weighted by molar-refractivity contribution is -0.757. The molecule has 0 aromatic carbocycles. The minimum atomic E-state index is -0.920. The molecule has 0 saturated carbocycles. The van der Waals surface area contributed by atoms with Gasteiger partial charge < -0.3 is 45.6 Å². The fraction of sp³-hybridized carbons (Fsp3) is 0.250. The Hall–Kier alpha value is -4.36. The Labute approximate surface area is 236 Å². The molecule has 3 heterocycles. The lowest BCUT2D eigenvalue weighted by atomic mass is 10.2. The number of amides is 3. The van der Waals surface area contributed by atoms with Crippen molar-refractivity contribution < 1.29 is 58.3 Å². The Morgan fingerprint density at radius 2 is 1.28 bits per heavy atom. The van der Waals surface area contributed by atoms with E-state index in [4.69, 9.17) is 0 Å². The van der Waals surface area contributed by atoms with Crippen molar-refractivity contribution in [3.63, 3.8) is 0 Å². The van der Waals surface area contributed by atoms with Crippen molar-refractivity contribution in [1.29, 1.82) is 0 Å². The molecule has 0 spiro atoms. The second kappa shape index (κ2) is 17.2. The maximum Gasteiger partial charge on any atom is 0.294 e. The number of pyridine rings is 3. The number of aromatic nitrogens is 3. The summed E-state index contributed by atoms with van der Waals surface area (Å²) in [5.74, 6) is -0.865. The number of rotatable bonds is 13. The van der Waals surface area contributed by atoms with Gasteiger partial charge in [0.15, 0.2) is 37.9 Å². The molecule has 0 radical (unpaired) electrons. The highest BCUT2D eigenvalue weighted by Crippen LogP contribution is 1.97. The van der Waals surface area contributed by atoms with Gasteiger partial charge in [-0.1, -0.05) is 0 Å². The highest BCUT2D eigenvalue weighted by Gasteiger charge is 2.14. The quantitative estimate of drug-likeness (QED) is 0.0785. The summed E-state index contributed by atoms with van der Waals surface area (Å²) < 4.78 is 3.56. The summed E-state index contributed by atoms with van der Waals surface area (Å²) in [6.07, 6.45) is 9.98. The molecule has 3 aromatic heterocycles. The second-order valence-corrected chi connectivity index (χ2v) is 7.73. The Bertz CT molecular complexity index is 1250. The van der Waals surface area contributed by atoms with Crippen molar-refractivity contribution >= 4 is 17.7 Å². The molecular formula is C24H27Cl2N7O6. The molecule has 3 aromatic rings. The molecule has 0 aliphatic heterocycles. The molecule has 0 aliphatic carbocycles. The fourth-order valence-electron chi connectivity index (χ4n) is 3.28. The Morgan fingerprint density at radius 1 is 0.795 bits per heavy atom. The molecule has 39 heavy (non-hydrogen) atoms. The van der Waals surface area contributed by atoms with Gasteiger partial charge in [0.25, 0.3) is 22.8 Å². The van der Waals surface area contributed by atoms with Crippen molar-refractivity contribution in [3.05, 3.63) is 100 Å². The lowest BCUT2D eigenvalue weighted by Gasteiger charge is -2.06. The van der Waals surface area contributed by atoms with E-state index in [-0.39, 0.29) is 49.8 Å². The maximum absolute atomic E-state index is 12.6. The molecule has 0 aliphatic rings. The largest absolute Gasteiger partial charge is 1.00 e. The van der Waals surface area contributed by atoms with Crippen LogP contribution in [0, 0.1) is 10.1 Å². The van der Waals surface area contributed by atoms with E-state index in [1.54, 1.807) is 65.8 Å². The zero-order valence-electron chi connectivity index (χ0n) is 20.7. The zero-order chi connectivity index (χ0) is 26.5. The minimum absolute atomic E-state index is 0. The van der Waals surface area contributed by atoms with Gasteiger partial charge in [0.1, 0.15) is 17.7 Å². The SMILES string of the molecule is O=C(NCCO[N+](=O)[O-])c1ccc[n+](CCNC(=O)c2ccc[n+](CCNC(=O)c3cccnc3)c2)c1.[Cl-].[Cl-]. The first kappa shape index (κ1) is 32.7. The van der Waals surface area contributed by atoms with Crippen molar-refractivity contribution in [3.8, 4) is 0 Å². The Balaban J connectivity index is 0.00000380. The topological polar surface area (TPSA) is 160 Å². The van der Waals surface area contributed by atoms with Gasteiger partial charge in [-0.05, 0) is 24.3 Å². The fourth-order valence-corrected chi connectivity index (χ4v) is 3.28. The highest BCUT2D eigenvalue weighted by molar-refractivity contribution is 5.94. The van der Waals surface area contributed by atoms with E-state index >= 15 is 0 Å². The first-order chi connectivity index (χ1) is 17.9. The number of carbonyl (C=O) groups is 3. The summed E-state index contributed by atoms with van der Waals surface area (Å²) in [6, 6.07) is 10.1. The van der Waals surface area contributed by atoms with Crippen molar-refractivity contribution in [2.24, 2.45) is 0 Å². The summed E-state index contributed by atoms with van der Waals surface area (Å²) in [6.45, 7) is 1.37. The van der Waals surface area contributed by atoms with E-state index < -0.39 is 11.0 Å². The third-order valence-electron chi connectivity index (χ3n) is 5.06. The number of hydrogen-bond donors (Lipinski definition) is 3. The third-order valence-corrected chi connectivity index (χ3v) is 5.06. The van der Waals surface area contributed by atoms with E-state index in [0.29, 0.717) is 42.9 Å². The van der Waals surface area contributed by atoms with E-state index in [0.717, 1.165) is 0 Å². The van der Waals surface area contributed by atoms with E-state index in [1.807, 2.05) is 10.8 Å². The average Bonchev–Trinajstić information content (AvgIpc) is 2.91. The number of nitrogens with one attached hydrogen (secondary N) is 3. The monoisotopic (exact) mass is 579 g/mol. The molecule has 208 valence electrons. The van der Waals surface area contributed by atoms with Gasteiger partial charge in [-0.2, -0.15) is 0 Å². The molecule has 3 amide bonds. The second-order valence-electron chi connectivity index (χ2n) is 7.73. The lowest BCUT2D eigenvalue weighted by Crippen LogP contribution is -3.00. The molecule has 0 saturated heterocycles. The van der Waals surface area contributed by atoms with Crippen LogP contribution in [0.3, 0.4) is 0 Å². The first-order valence-electron chi connectivity index (χ1n) is 11.4. The molecule has 3 rings (SSSR count). The number of carbonyl (C=O) groups excluding carboxylic acids is 3. The average molecular weight is 580 g/mol. The summed E-state index contributed by atoms with van der Waals surface area (Å²) in [4.78, 5) is 55.1. The van der Waals surface area contributed by atoms with Crippen LogP contribution < -0.4 is 49.9 Å². The van der Waals surface area contributed by atoms with Crippen LogP contribution in [0.2, 0.25) is 0 Å². The van der Waals surface area contributed by atoms with Gasteiger partial charge in [-0.15, -0.1) is 10.1 Å².